The first kappa shape index (κ1) is 14.2. The van der Waals surface area contributed by atoms with Gasteiger partial charge in [-0.1, -0.05) is 25.0 Å². The van der Waals surface area contributed by atoms with E-state index in [1.807, 2.05) is 35.0 Å². The zero-order valence-corrected chi connectivity index (χ0v) is 13.1. The normalized spacial score (nSPS) is 15.4. The summed E-state index contributed by atoms with van der Waals surface area (Å²) in [5.41, 5.74) is 2.46. The maximum absolute atomic E-state index is 14.5. The van der Waals surface area contributed by atoms with Gasteiger partial charge < -0.3 is 4.74 Å². The fourth-order valence-electron chi connectivity index (χ4n) is 3.53. The predicted octanol–water partition coefficient (Wildman–Crippen LogP) is 4.97. The molecule has 0 saturated heterocycles. The minimum Gasteiger partial charge on any atom is -0.497 e. The van der Waals surface area contributed by atoms with Crippen molar-refractivity contribution in [2.24, 2.45) is 0 Å². The lowest BCUT2D eigenvalue weighted by molar-refractivity contribution is 0.415. The molecule has 0 radical (unpaired) electrons. The first-order chi connectivity index (χ1) is 11.3. The van der Waals surface area contributed by atoms with Crippen molar-refractivity contribution in [3.8, 4) is 17.0 Å². The molecule has 4 rings (SSSR count). The van der Waals surface area contributed by atoms with Crippen molar-refractivity contribution in [2.75, 3.05) is 7.11 Å². The van der Waals surface area contributed by atoms with Gasteiger partial charge in [0.15, 0.2) is 0 Å². The number of rotatable bonds is 3. The highest BCUT2D eigenvalue weighted by Gasteiger charge is 2.23. The van der Waals surface area contributed by atoms with E-state index < -0.39 is 0 Å². The average molecular weight is 310 g/mol. The Labute approximate surface area is 134 Å². The number of methoxy groups -OCH3 is 1. The Morgan fingerprint density at radius 2 is 1.83 bits per heavy atom. The van der Waals surface area contributed by atoms with Gasteiger partial charge in [-0.3, -0.25) is 4.68 Å². The van der Waals surface area contributed by atoms with E-state index in [1.165, 1.54) is 18.9 Å². The van der Waals surface area contributed by atoms with Crippen LogP contribution in [0, 0.1) is 5.82 Å². The van der Waals surface area contributed by atoms with E-state index >= 15 is 0 Å². The smallest absolute Gasteiger partial charge is 0.149 e. The summed E-state index contributed by atoms with van der Waals surface area (Å²) in [6, 6.07) is 13.3. The summed E-state index contributed by atoms with van der Waals surface area (Å²) in [6.07, 6.45) is 4.54. The molecular weight excluding hydrogens is 291 g/mol. The summed E-state index contributed by atoms with van der Waals surface area (Å²) in [4.78, 5) is 0. The molecule has 1 fully saturated rings. The highest BCUT2D eigenvalue weighted by atomic mass is 19.1. The van der Waals surface area contributed by atoms with Gasteiger partial charge in [-0.2, -0.15) is 5.10 Å². The third-order valence-electron chi connectivity index (χ3n) is 4.71. The molecule has 0 N–H and O–H groups in total. The Morgan fingerprint density at radius 1 is 1.09 bits per heavy atom. The van der Waals surface area contributed by atoms with Gasteiger partial charge in [-0.05, 0) is 43.2 Å². The van der Waals surface area contributed by atoms with Gasteiger partial charge in [0, 0.05) is 10.9 Å². The van der Waals surface area contributed by atoms with Gasteiger partial charge in [0.25, 0.3) is 0 Å². The molecule has 0 unspecified atom stereocenters. The Hall–Kier alpha value is -2.36. The van der Waals surface area contributed by atoms with Crippen LogP contribution in [0.5, 0.6) is 5.75 Å². The number of nitrogens with zero attached hydrogens (tertiary/aromatic N) is 2. The van der Waals surface area contributed by atoms with Crippen molar-refractivity contribution in [2.45, 2.75) is 31.7 Å². The van der Waals surface area contributed by atoms with Gasteiger partial charge >= 0.3 is 0 Å². The minimum absolute atomic E-state index is 0.193. The van der Waals surface area contributed by atoms with E-state index in [1.54, 1.807) is 13.2 Å². The van der Waals surface area contributed by atoms with E-state index in [2.05, 4.69) is 0 Å². The summed E-state index contributed by atoms with van der Waals surface area (Å²) in [5, 5.41) is 5.67. The molecule has 118 valence electrons. The van der Waals surface area contributed by atoms with Crippen molar-refractivity contribution in [3.63, 3.8) is 0 Å². The molecule has 1 aliphatic carbocycles. The molecule has 0 amide bonds. The largest absolute Gasteiger partial charge is 0.497 e. The van der Waals surface area contributed by atoms with Gasteiger partial charge in [0.2, 0.25) is 0 Å². The zero-order valence-electron chi connectivity index (χ0n) is 13.1. The van der Waals surface area contributed by atoms with Crippen LogP contribution in [-0.2, 0) is 0 Å². The van der Waals surface area contributed by atoms with E-state index in [0.29, 0.717) is 11.6 Å². The van der Waals surface area contributed by atoms with Crippen LogP contribution in [0.2, 0.25) is 0 Å². The SMILES string of the molecule is COc1ccc(-c2nn(C3CCCC3)c3c(F)cccc23)cc1. The van der Waals surface area contributed by atoms with Crippen LogP contribution in [-0.4, -0.2) is 16.9 Å². The average Bonchev–Trinajstić information content (AvgIpc) is 3.23. The van der Waals surface area contributed by atoms with Crippen molar-refractivity contribution >= 4 is 10.9 Å². The Balaban J connectivity index is 1.90. The summed E-state index contributed by atoms with van der Waals surface area (Å²) in [6.45, 7) is 0. The standard InChI is InChI=1S/C19H19FN2O/c1-23-15-11-9-13(10-12-15)18-16-7-4-8-17(20)19(16)22(21-18)14-5-2-3-6-14/h4,7-12,14H,2-3,5-6H2,1H3. The zero-order chi connectivity index (χ0) is 15.8. The van der Waals surface area contributed by atoms with E-state index in [4.69, 9.17) is 9.84 Å². The first-order valence-corrected chi connectivity index (χ1v) is 8.09. The fourth-order valence-corrected chi connectivity index (χ4v) is 3.53. The number of fused-ring (bicyclic) bond motifs is 1. The second kappa shape index (κ2) is 5.69. The number of ether oxygens (including phenoxy) is 1. The van der Waals surface area contributed by atoms with Crippen molar-refractivity contribution in [3.05, 3.63) is 48.3 Å². The molecular formula is C19H19FN2O. The number of para-hydroxylation sites is 1. The molecule has 1 heterocycles. The lowest BCUT2D eigenvalue weighted by Crippen LogP contribution is -2.07. The van der Waals surface area contributed by atoms with Gasteiger partial charge in [0.1, 0.15) is 22.8 Å². The molecule has 0 spiro atoms. The first-order valence-electron chi connectivity index (χ1n) is 8.09. The van der Waals surface area contributed by atoms with Crippen LogP contribution in [0.15, 0.2) is 42.5 Å². The topological polar surface area (TPSA) is 27.1 Å². The maximum atomic E-state index is 14.5. The Bertz CT molecular complexity index is 832. The van der Waals surface area contributed by atoms with Crippen molar-refractivity contribution in [1.29, 1.82) is 0 Å². The van der Waals surface area contributed by atoms with Gasteiger partial charge in [0.05, 0.1) is 13.2 Å². The number of halogens is 1. The van der Waals surface area contributed by atoms with E-state index in [0.717, 1.165) is 35.2 Å². The Kier molecular flexibility index (Phi) is 3.52. The molecule has 3 nitrogen and oxygen atoms in total. The van der Waals surface area contributed by atoms with E-state index in [9.17, 15) is 4.39 Å². The van der Waals surface area contributed by atoms with Crippen molar-refractivity contribution in [1.82, 2.24) is 9.78 Å². The maximum Gasteiger partial charge on any atom is 0.149 e. The molecule has 2 aromatic carbocycles. The van der Waals surface area contributed by atoms with Crippen LogP contribution in [0.25, 0.3) is 22.2 Å². The number of aromatic nitrogens is 2. The molecule has 3 aromatic rings. The number of hydrogen-bond acceptors (Lipinski definition) is 2. The fraction of sp³-hybridized carbons (Fsp3) is 0.316. The van der Waals surface area contributed by atoms with Gasteiger partial charge in [-0.15, -0.1) is 0 Å². The summed E-state index contributed by atoms with van der Waals surface area (Å²) in [7, 11) is 1.65. The molecule has 0 atom stereocenters. The predicted molar refractivity (Wildman–Crippen MR) is 89.2 cm³/mol. The molecule has 0 aliphatic heterocycles. The van der Waals surface area contributed by atoms with Crippen LogP contribution in [0.4, 0.5) is 4.39 Å². The second-order valence-electron chi connectivity index (χ2n) is 6.10. The van der Waals surface area contributed by atoms with Crippen LogP contribution in [0.3, 0.4) is 0 Å². The third-order valence-corrected chi connectivity index (χ3v) is 4.71. The van der Waals surface area contributed by atoms with Crippen LogP contribution >= 0.6 is 0 Å². The summed E-state index contributed by atoms with van der Waals surface area (Å²) < 4.78 is 21.6. The lowest BCUT2D eigenvalue weighted by atomic mass is 10.1. The highest BCUT2D eigenvalue weighted by Crippen LogP contribution is 2.36. The monoisotopic (exact) mass is 310 g/mol. The second-order valence-corrected chi connectivity index (χ2v) is 6.10. The van der Waals surface area contributed by atoms with Gasteiger partial charge in [-0.25, -0.2) is 4.39 Å². The van der Waals surface area contributed by atoms with Crippen LogP contribution in [0.1, 0.15) is 31.7 Å². The van der Waals surface area contributed by atoms with Crippen molar-refractivity contribution < 1.29 is 9.13 Å². The number of hydrogen-bond donors (Lipinski definition) is 0. The molecule has 23 heavy (non-hydrogen) atoms. The quantitative estimate of drug-likeness (QED) is 0.683. The summed E-state index contributed by atoms with van der Waals surface area (Å²) >= 11 is 0. The van der Waals surface area contributed by atoms with E-state index in [-0.39, 0.29) is 5.82 Å². The van der Waals surface area contributed by atoms with Crippen LogP contribution < -0.4 is 4.74 Å². The minimum atomic E-state index is -0.193. The summed E-state index contributed by atoms with van der Waals surface area (Å²) in [5.74, 6) is 0.612. The molecule has 1 aromatic heterocycles. The molecule has 0 bridgehead atoms. The number of benzene rings is 2. The lowest BCUT2D eigenvalue weighted by Gasteiger charge is -2.11. The molecule has 4 heteroatoms. The molecule has 1 saturated carbocycles. The molecule has 1 aliphatic rings. The Morgan fingerprint density at radius 3 is 2.52 bits per heavy atom. The third kappa shape index (κ3) is 2.38. The highest BCUT2D eigenvalue weighted by molar-refractivity contribution is 5.93.